The van der Waals surface area contributed by atoms with E-state index in [1.54, 1.807) is 0 Å². The van der Waals surface area contributed by atoms with E-state index in [-0.39, 0.29) is 19.1 Å². The summed E-state index contributed by atoms with van der Waals surface area (Å²) in [7, 11) is 0. The van der Waals surface area contributed by atoms with Crippen LogP contribution in [0.25, 0.3) is 0 Å². The lowest BCUT2D eigenvalue weighted by atomic mass is 10.2. The number of hydrogen-bond donors (Lipinski definition) is 2. The van der Waals surface area contributed by atoms with Crippen LogP contribution in [0.2, 0.25) is 0 Å². The maximum absolute atomic E-state index is 11.8. The third-order valence-electron chi connectivity index (χ3n) is 2.37. The Kier molecular flexibility index (Phi) is 6.02. The maximum atomic E-state index is 11.8. The van der Waals surface area contributed by atoms with Crippen molar-refractivity contribution < 1.29 is 19.4 Å². The molecule has 2 N–H and O–H groups in total. The van der Waals surface area contributed by atoms with E-state index in [0.717, 1.165) is 5.56 Å². The van der Waals surface area contributed by atoms with Crippen molar-refractivity contribution >= 4 is 11.9 Å². The van der Waals surface area contributed by atoms with Gasteiger partial charge in [-0.05, 0) is 11.5 Å². The van der Waals surface area contributed by atoms with Crippen LogP contribution in [-0.2, 0) is 20.9 Å². The van der Waals surface area contributed by atoms with Gasteiger partial charge in [-0.3, -0.25) is 4.79 Å². The molecule has 0 aromatic heterocycles. The number of carboxylic acid groups (broad SMARTS) is 1. The minimum absolute atomic E-state index is 0.170. The first kappa shape index (κ1) is 15.2. The number of rotatable bonds is 7. The molecule has 0 bridgehead atoms. The minimum Gasteiger partial charge on any atom is -0.479 e. The average Bonchev–Trinajstić information content (AvgIpc) is 2.37. The molecule has 0 aliphatic heterocycles. The highest BCUT2D eigenvalue weighted by atomic mass is 16.5. The Morgan fingerprint density at radius 2 is 1.89 bits per heavy atom. The number of nitrogens with one attached hydrogen (secondary N) is 1. The van der Waals surface area contributed by atoms with Gasteiger partial charge in [-0.2, -0.15) is 0 Å². The van der Waals surface area contributed by atoms with Crippen molar-refractivity contribution in [1.29, 1.82) is 0 Å². The van der Waals surface area contributed by atoms with Crippen molar-refractivity contribution in [3.8, 4) is 0 Å². The highest BCUT2D eigenvalue weighted by molar-refractivity contribution is 5.99. The number of amides is 1. The summed E-state index contributed by atoms with van der Waals surface area (Å²) in [6, 6.07) is 9.28. The molecule has 1 atom stereocenters. The number of carboxylic acids is 1. The summed E-state index contributed by atoms with van der Waals surface area (Å²) in [6.07, 6.45) is -1.45. The molecule has 0 unspecified atom stereocenters. The van der Waals surface area contributed by atoms with Crippen LogP contribution in [0.3, 0.4) is 0 Å². The van der Waals surface area contributed by atoms with Crippen LogP contribution in [0.5, 0.6) is 0 Å². The first-order chi connectivity index (χ1) is 9.00. The molecule has 0 spiro atoms. The molecule has 19 heavy (non-hydrogen) atoms. The predicted molar refractivity (Wildman–Crippen MR) is 70.5 cm³/mol. The highest BCUT2D eigenvalue weighted by Gasteiger charge is 2.27. The number of aliphatic carboxylic acids is 1. The quantitative estimate of drug-likeness (QED) is 0.731. The fourth-order valence-electron chi connectivity index (χ4n) is 1.43. The van der Waals surface area contributed by atoms with Crippen LogP contribution in [0.1, 0.15) is 19.4 Å². The third kappa shape index (κ3) is 5.52. The topological polar surface area (TPSA) is 75.6 Å². The van der Waals surface area contributed by atoms with Crippen molar-refractivity contribution in [2.75, 3.05) is 6.61 Å². The molecule has 0 saturated heterocycles. The maximum Gasteiger partial charge on any atom is 0.342 e. The zero-order valence-corrected chi connectivity index (χ0v) is 11.1. The lowest BCUT2D eigenvalue weighted by Gasteiger charge is -2.15. The summed E-state index contributed by atoms with van der Waals surface area (Å²) in [4.78, 5) is 22.7. The molecule has 5 nitrogen and oxygen atoms in total. The summed E-state index contributed by atoms with van der Waals surface area (Å²) in [5.74, 6) is -1.73. The Bertz CT molecular complexity index is 417. The largest absolute Gasteiger partial charge is 0.479 e. The monoisotopic (exact) mass is 265 g/mol. The van der Waals surface area contributed by atoms with E-state index in [4.69, 9.17) is 9.84 Å². The van der Waals surface area contributed by atoms with Crippen molar-refractivity contribution in [1.82, 2.24) is 5.32 Å². The average molecular weight is 265 g/mol. The SMILES string of the molecule is CC(C)CO[C@@H](C(=O)O)C(=O)NCc1ccccc1. The highest BCUT2D eigenvalue weighted by Crippen LogP contribution is 2.01. The first-order valence-corrected chi connectivity index (χ1v) is 6.16. The molecule has 1 aromatic carbocycles. The van der Waals surface area contributed by atoms with Gasteiger partial charge in [-0.15, -0.1) is 0 Å². The molecule has 5 heteroatoms. The van der Waals surface area contributed by atoms with Crippen LogP contribution in [0, 0.1) is 5.92 Å². The van der Waals surface area contributed by atoms with Crippen LogP contribution in [-0.4, -0.2) is 29.7 Å². The number of carbonyl (C=O) groups is 2. The van der Waals surface area contributed by atoms with Gasteiger partial charge in [0, 0.05) is 6.54 Å². The van der Waals surface area contributed by atoms with E-state index in [0.29, 0.717) is 0 Å². The summed E-state index contributed by atoms with van der Waals surface area (Å²) in [5.41, 5.74) is 0.906. The van der Waals surface area contributed by atoms with Gasteiger partial charge in [0.25, 0.3) is 5.91 Å². The Hall–Kier alpha value is -1.88. The van der Waals surface area contributed by atoms with Crippen LogP contribution >= 0.6 is 0 Å². The summed E-state index contributed by atoms with van der Waals surface area (Å²) < 4.78 is 5.10. The summed E-state index contributed by atoms with van der Waals surface area (Å²) in [6.45, 7) is 4.30. The predicted octanol–water partition coefficient (Wildman–Crippen LogP) is 1.43. The van der Waals surface area contributed by atoms with E-state index in [1.165, 1.54) is 0 Å². The van der Waals surface area contributed by atoms with Crippen molar-refractivity contribution in [2.24, 2.45) is 5.92 Å². The van der Waals surface area contributed by atoms with E-state index in [9.17, 15) is 9.59 Å². The van der Waals surface area contributed by atoms with E-state index < -0.39 is 18.0 Å². The summed E-state index contributed by atoms with van der Waals surface area (Å²) >= 11 is 0. The fraction of sp³-hybridized carbons (Fsp3) is 0.429. The molecule has 0 fully saturated rings. The molecule has 0 aliphatic carbocycles. The molecule has 104 valence electrons. The van der Waals surface area contributed by atoms with Gasteiger partial charge < -0.3 is 15.2 Å². The smallest absolute Gasteiger partial charge is 0.342 e. The molecule has 1 amide bonds. The van der Waals surface area contributed by atoms with Gasteiger partial charge >= 0.3 is 5.97 Å². The van der Waals surface area contributed by atoms with Gasteiger partial charge in [0.15, 0.2) is 0 Å². The zero-order chi connectivity index (χ0) is 14.3. The summed E-state index contributed by atoms with van der Waals surface area (Å²) in [5, 5.41) is 11.5. The number of hydrogen-bond acceptors (Lipinski definition) is 3. The molecule has 0 heterocycles. The van der Waals surface area contributed by atoms with Crippen LogP contribution < -0.4 is 5.32 Å². The second kappa shape index (κ2) is 7.53. The number of carbonyl (C=O) groups excluding carboxylic acids is 1. The molecule has 1 aromatic rings. The van der Waals surface area contributed by atoms with Gasteiger partial charge in [-0.25, -0.2) is 4.79 Å². The minimum atomic E-state index is -1.45. The second-order valence-corrected chi connectivity index (χ2v) is 4.65. The van der Waals surface area contributed by atoms with Gasteiger partial charge in [0.2, 0.25) is 6.10 Å². The van der Waals surface area contributed by atoms with Crippen LogP contribution in [0.15, 0.2) is 30.3 Å². The van der Waals surface area contributed by atoms with E-state index >= 15 is 0 Å². The Morgan fingerprint density at radius 1 is 1.26 bits per heavy atom. The second-order valence-electron chi connectivity index (χ2n) is 4.65. The normalized spacial score (nSPS) is 12.2. The van der Waals surface area contributed by atoms with Gasteiger partial charge in [-0.1, -0.05) is 44.2 Å². The zero-order valence-electron chi connectivity index (χ0n) is 11.1. The first-order valence-electron chi connectivity index (χ1n) is 6.16. The Labute approximate surface area is 112 Å². The van der Waals surface area contributed by atoms with Crippen molar-refractivity contribution in [3.63, 3.8) is 0 Å². The molecule has 0 aliphatic rings. The lowest BCUT2D eigenvalue weighted by molar-refractivity contribution is -0.158. The van der Waals surface area contributed by atoms with Gasteiger partial charge in [0.05, 0.1) is 6.61 Å². The van der Waals surface area contributed by atoms with Crippen LogP contribution in [0.4, 0.5) is 0 Å². The molecule has 1 rings (SSSR count). The molecule has 0 saturated carbocycles. The number of benzene rings is 1. The van der Waals surface area contributed by atoms with Crippen molar-refractivity contribution in [2.45, 2.75) is 26.5 Å². The van der Waals surface area contributed by atoms with Gasteiger partial charge in [0.1, 0.15) is 0 Å². The molecular formula is C14H19NO4. The lowest BCUT2D eigenvalue weighted by Crippen LogP contribution is -2.42. The standard InChI is InChI=1S/C14H19NO4/c1-10(2)9-19-12(14(17)18)13(16)15-8-11-6-4-3-5-7-11/h3-7,10,12H,8-9H2,1-2H3,(H,15,16)(H,17,18)/t12-/m1/s1. The molecule has 0 radical (unpaired) electrons. The van der Waals surface area contributed by atoms with E-state index in [2.05, 4.69) is 5.32 Å². The fourth-order valence-corrected chi connectivity index (χ4v) is 1.43. The van der Waals surface area contributed by atoms with E-state index in [1.807, 2.05) is 44.2 Å². The van der Waals surface area contributed by atoms with Crippen molar-refractivity contribution in [3.05, 3.63) is 35.9 Å². The molecular weight excluding hydrogens is 246 g/mol. The number of ether oxygens (including phenoxy) is 1. The third-order valence-corrected chi connectivity index (χ3v) is 2.37. The Morgan fingerprint density at radius 3 is 2.42 bits per heavy atom. The Balaban J connectivity index is 2.50.